The third-order valence-electron chi connectivity index (χ3n) is 4.90. The molecule has 3 heteroatoms. The highest BCUT2D eigenvalue weighted by Crippen LogP contribution is 2.49. The monoisotopic (exact) mass is 271 g/mol. The van der Waals surface area contributed by atoms with E-state index >= 15 is 0 Å². The van der Waals surface area contributed by atoms with Crippen LogP contribution in [0.5, 0.6) is 0 Å². The first kappa shape index (κ1) is 13.3. The molecule has 20 heavy (non-hydrogen) atoms. The Kier molecular flexibility index (Phi) is 3.36. The molecule has 0 bridgehead atoms. The van der Waals surface area contributed by atoms with Crippen molar-refractivity contribution < 1.29 is 9.59 Å². The Hall–Kier alpha value is -1.64. The van der Waals surface area contributed by atoms with Crippen LogP contribution in [0.1, 0.15) is 50.5 Å². The van der Waals surface area contributed by atoms with Crippen LogP contribution in [0.4, 0.5) is 0 Å². The maximum Gasteiger partial charge on any atom is 0.234 e. The van der Waals surface area contributed by atoms with Gasteiger partial charge in [0.05, 0.1) is 5.92 Å². The molecule has 2 amide bonds. The molecule has 1 saturated heterocycles. The van der Waals surface area contributed by atoms with Gasteiger partial charge in [-0.15, -0.1) is 0 Å². The lowest BCUT2D eigenvalue weighted by Crippen LogP contribution is -2.50. The van der Waals surface area contributed by atoms with Gasteiger partial charge in [-0.3, -0.25) is 14.9 Å². The predicted octanol–water partition coefficient (Wildman–Crippen LogP) is 3.01. The summed E-state index contributed by atoms with van der Waals surface area (Å²) in [6.45, 7) is 2.11. The zero-order chi connectivity index (χ0) is 14.2. The van der Waals surface area contributed by atoms with Crippen LogP contribution in [0.15, 0.2) is 30.3 Å². The zero-order valence-corrected chi connectivity index (χ0v) is 11.9. The van der Waals surface area contributed by atoms with Gasteiger partial charge in [0, 0.05) is 6.42 Å². The van der Waals surface area contributed by atoms with Crippen LogP contribution in [-0.2, 0) is 9.59 Å². The normalized spacial score (nSPS) is 30.8. The van der Waals surface area contributed by atoms with E-state index in [4.69, 9.17) is 0 Å². The zero-order valence-electron chi connectivity index (χ0n) is 11.9. The number of piperidine rings is 1. The molecule has 1 saturated carbocycles. The number of imide groups is 1. The van der Waals surface area contributed by atoms with E-state index in [1.807, 2.05) is 30.3 Å². The van der Waals surface area contributed by atoms with Gasteiger partial charge in [0.15, 0.2) is 0 Å². The van der Waals surface area contributed by atoms with Gasteiger partial charge in [-0.1, -0.05) is 56.5 Å². The molecule has 1 aliphatic heterocycles. The molecule has 0 aromatic heterocycles. The van der Waals surface area contributed by atoms with Gasteiger partial charge in [-0.05, 0) is 23.3 Å². The third kappa shape index (κ3) is 2.37. The lowest BCUT2D eigenvalue weighted by atomic mass is 9.62. The van der Waals surface area contributed by atoms with Gasteiger partial charge in [-0.25, -0.2) is 0 Å². The van der Waals surface area contributed by atoms with Crippen molar-refractivity contribution in [2.24, 2.45) is 11.3 Å². The van der Waals surface area contributed by atoms with Gasteiger partial charge in [0.1, 0.15) is 0 Å². The van der Waals surface area contributed by atoms with Gasteiger partial charge in [-0.2, -0.15) is 0 Å². The minimum absolute atomic E-state index is 0.121. The number of carbonyl (C=O) groups is 2. The summed E-state index contributed by atoms with van der Waals surface area (Å²) in [7, 11) is 0. The highest BCUT2D eigenvalue weighted by atomic mass is 16.2. The third-order valence-corrected chi connectivity index (χ3v) is 4.90. The van der Waals surface area contributed by atoms with Gasteiger partial charge in [0.2, 0.25) is 11.8 Å². The van der Waals surface area contributed by atoms with Crippen LogP contribution in [0.3, 0.4) is 0 Å². The average Bonchev–Trinajstić information content (AvgIpc) is 2.34. The van der Waals surface area contributed by atoms with Crippen LogP contribution in [0, 0.1) is 11.3 Å². The fraction of sp³-hybridized carbons (Fsp3) is 0.529. The van der Waals surface area contributed by atoms with Crippen LogP contribution < -0.4 is 5.32 Å². The SMILES string of the molecule is CC1(CC2CCC2)CC(=O)NC(=O)C1c1ccccc1. The van der Waals surface area contributed by atoms with E-state index in [2.05, 4.69) is 12.2 Å². The molecule has 106 valence electrons. The lowest BCUT2D eigenvalue weighted by Gasteiger charge is -2.44. The first-order valence-corrected chi connectivity index (χ1v) is 7.47. The van der Waals surface area contributed by atoms with E-state index in [1.165, 1.54) is 19.3 Å². The van der Waals surface area contributed by atoms with Crippen molar-refractivity contribution in [1.29, 1.82) is 0 Å². The number of amides is 2. The fourth-order valence-electron chi connectivity index (χ4n) is 3.78. The molecule has 2 unspecified atom stereocenters. The Balaban J connectivity index is 1.93. The minimum Gasteiger partial charge on any atom is -0.296 e. The summed E-state index contributed by atoms with van der Waals surface area (Å²) < 4.78 is 0. The molecular weight excluding hydrogens is 250 g/mol. The summed E-state index contributed by atoms with van der Waals surface area (Å²) in [5.74, 6) is 0.227. The number of hydrogen-bond acceptors (Lipinski definition) is 2. The molecule has 1 aliphatic carbocycles. The Bertz CT molecular complexity index is 521. The van der Waals surface area contributed by atoms with Crippen molar-refractivity contribution in [3.8, 4) is 0 Å². The average molecular weight is 271 g/mol. The van der Waals surface area contributed by atoms with Crippen molar-refractivity contribution in [1.82, 2.24) is 5.32 Å². The Labute approximate surface area is 119 Å². The quantitative estimate of drug-likeness (QED) is 0.859. The van der Waals surface area contributed by atoms with E-state index in [-0.39, 0.29) is 23.1 Å². The van der Waals surface area contributed by atoms with Crippen LogP contribution in [-0.4, -0.2) is 11.8 Å². The molecule has 2 atom stereocenters. The van der Waals surface area contributed by atoms with E-state index in [0.29, 0.717) is 12.3 Å². The molecule has 1 aromatic carbocycles. The molecule has 3 nitrogen and oxygen atoms in total. The first-order valence-electron chi connectivity index (χ1n) is 7.47. The summed E-state index contributed by atoms with van der Waals surface area (Å²) in [6.07, 6.45) is 5.21. The van der Waals surface area contributed by atoms with Crippen molar-refractivity contribution in [2.45, 2.75) is 44.9 Å². The van der Waals surface area contributed by atoms with Gasteiger partial charge >= 0.3 is 0 Å². The second kappa shape index (κ2) is 5.04. The Morgan fingerprint density at radius 1 is 1.20 bits per heavy atom. The highest BCUT2D eigenvalue weighted by molar-refractivity contribution is 6.02. The summed E-state index contributed by atoms with van der Waals surface area (Å²) in [6, 6.07) is 9.88. The predicted molar refractivity (Wildman–Crippen MR) is 77.0 cm³/mol. The van der Waals surface area contributed by atoms with Crippen molar-refractivity contribution in [2.75, 3.05) is 0 Å². The smallest absolute Gasteiger partial charge is 0.234 e. The summed E-state index contributed by atoms with van der Waals surface area (Å²) in [5.41, 5.74) is 0.783. The Morgan fingerprint density at radius 2 is 1.90 bits per heavy atom. The minimum atomic E-state index is -0.244. The molecule has 2 aliphatic rings. The highest BCUT2D eigenvalue weighted by Gasteiger charge is 2.47. The Morgan fingerprint density at radius 3 is 2.50 bits per heavy atom. The molecule has 3 rings (SSSR count). The van der Waals surface area contributed by atoms with Crippen LogP contribution in [0.2, 0.25) is 0 Å². The number of carbonyl (C=O) groups excluding carboxylic acids is 2. The largest absolute Gasteiger partial charge is 0.296 e. The summed E-state index contributed by atoms with van der Waals surface area (Å²) in [4.78, 5) is 24.2. The second-order valence-electron chi connectivity index (χ2n) is 6.59. The molecule has 1 heterocycles. The van der Waals surface area contributed by atoms with Crippen molar-refractivity contribution in [3.05, 3.63) is 35.9 Å². The number of rotatable bonds is 3. The maximum atomic E-state index is 12.4. The standard InChI is InChI=1S/C17H21NO2/c1-17(10-12-6-5-7-12)11-14(19)18-16(20)15(17)13-8-3-2-4-9-13/h2-4,8-9,12,15H,5-7,10-11H2,1H3,(H,18,19,20). The molecule has 1 N–H and O–H groups in total. The number of benzene rings is 1. The molecular formula is C17H21NO2. The number of nitrogens with one attached hydrogen (secondary N) is 1. The molecule has 0 radical (unpaired) electrons. The summed E-state index contributed by atoms with van der Waals surface area (Å²) in [5, 5.41) is 2.51. The first-order chi connectivity index (χ1) is 9.58. The second-order valence-corrected chi connectivity index (χ2v) is 6.59. The van der Waals surface area contributed by atoms with Gasteiger partial charge in [0.25, 0.3) is 0 Å². The van der Waals surface area contributed by atoms with E-state index in [9.17, 15) is 9.59 Å². The maximum absolute atomic E-state index is 12.4. The van der Waals surface area contributed by atoms with Crippen LogP contribution >= 0.6 is 0 Å². The van der Waals surface area contributed by atoms with E-state index in [0.717, 1.165) is 12.0 Å². The van der Waals surface area contributed by atoms with Gasteiger partial charge < -0.3 is 0 Å². The molecule has 0 spiro atoms. The molecule has 2 fully saturated rings. The fourth-order valence-corrected chi connectivity index (χ4v) is 3.78. The topological polar surface area (TPSA) is 46.2 Å². The molecule has 1 aromatic rings. The van der Waals surface area contributed by atoms with Crippen molar-refractivity contribution >= 4 is 11.8 Å². The van der Waals surface area contributed by atoms with Crippen molar-refractivity contribution in [3.63, 3.8) is 0 Å². The van der Waals surface area contributed by atoms with E-state index in [1.54, 1.807) is 0 Å². The van der Waals surface area contributed by atoms with E-state index < -0.39 is 0 Å². The number of hydrogen-bond donors (Lipinski definition) is 1. The lowest BCUT2D eigenvalue weighted by molar-refractivity contribution is -0.140. The van der Waals surface area contributed by atoms with Crippen LogP contribution in [0.25, 0.3) is 0 Å². The summed E-state index contributed by atoms with van der Waals surface area (Å²) >= 11 is 0.